The second kappa shape index (κ2) is 6.22. The normalized spacial score (nSPS) is 11.9. The molecular weight excluding hydrogens is 399 g/mol. The molecule has 1 aliphatic heterocycles. The van der Waals surface area contributed by atoms with Crippen LogP contribution < -0.4 is 20.3 Å². The molecule has 22 heavy (non-hydrogen) atoms. The van der Waals surface area contributed by atoms with Crippen LogP contribution in [-0.4, -0.2) is 18.6 Å². The van der Waals surface area contributed by atoms with Crippen molar-refractivity contribution in [3.05, 3.63) is 57.2 Å². The van der Waals surface area contributed by atoms with Crippen LogP contribution in [0, 0.1) is 3.57 Å². The predicted molar refractivity (Wildman–Crippen MR) is 86.7 cm³/mol. The minimum absolute atomic E-state index is 0.142. The van der Waals surface area contributed by atoms with E-state index in [1.54, 1.807) is 30.3 Å². The van der Waals surface area contributed by atoms with E-state index in [1.165, 1.54) is 0 Å². The molecule has 0 bridgehead atoms. The maximum atomic E-state index is 12.0. The number of halogens is 1. The highest BCUT2D eigenvalue weighted by Gasteiger charge is 2.17. The Labute approximate surface area is 139 Å². The highest BCUT2D eigenvalue weighted by Crippen LogP contribution is 2.32. The Morgan fingerprint density at radius 2 is 1.68 bits per heavy atom. The van der Waals surface area contributed by atoms with Gasteiger partial charge in [0.05, 0.1) is 5.56 Å². The number of hydrogen-bond donors (Lipinski definition) is 2. The largest absolute Gasteiger partial charge is 0.454 e. The zero-order valence-corrected chi connectivity index (χ0v) is 13.4. The van der Waals surface area contributed by atoms with Crippen LogP contribution in [0.2, 0.25) is 0 Å². The van der Waals surface area contributed by atoms with E-state index in [0.29, 0.717) is 22.6 Å². The fourth-order valence-corrected chi connectivity index (χ4v) is 2.57. The number of benzene rings is 2. The van der Waals surface area contributed by atoms with Crippen molar-refractivity contribution in [2.45, 2.75) is 0 Å². The average Bonchev–Trinajstić information content (AvgIpc) is 3.00. The van der Waals surface area contributed by atoms with E-state index in [-0.39, 0.29) is 12.7 Å². The molecule has 112 valence electrons. The number of carbonyl (C=O) groups excluding carboxylic acids is 2. The lowest BCUT2D eigenvalue weighted by Gasteiger charge is -2.09. The minimum Gasteiger partial charge on any atom is -0.454 e. The summed E-state index contributed by atoms with van der Waals surface area (Å²) in [6, 6.07) is 11.9. The van der Waals surface area contributed by atoms with Crippen molar-refractivity contribution in [2.24, 2.45) is 0 Å². The van der Waals surface area contributed by atoms with Crippen molar-refractivity contribution in [1.82, 2.24) is 10.9 Å². The number of nitrogens with one attached hydrogen (secondary N) is 2. The Morgan fingerprint density at radius 3 is 2.50 bits per heavy atom. The van der Waals surface area contributed by atoms with Crippen LogP contribution in [0.1, 0.15) is 20.7 Å². The highest BCUT2D eigenvalue weighted by atomic mass is 127. The average molecular weight is 410 g/mol. The first-order valence-electron chi connectivity index (χ1n) is 6.40. The summed E-state index contributed by atoms with van der Waals surface area (Å²) in [6.45, 7) is 0.142. The van der Waals surface area contributed by atoms with Crippen molar-refractivity contribution < 1.29 is 19.1 Å². The lowest BCUT2D eigenvalue weighted by Crippen LogP contribution is -2.41. The lowest BCUT2D eigenvalue weighted by molar-refractivity contribution is 0.0846. The van der Waals surface area contributed by atoms with E-state index in [1.807, 2.05) is 12.1 Å². The number of carbonyl (C=O) groups is 2. The van der Waals surface area contributed by atoms with Crippen molar-refractivity contribution in [3.8, 4) is 11.5 Å². The molecule has 0 saturated carbocycles. The first-order valence-corrected chi connectivity index (χ1v) is 7.48. The van der Waals surface area contributed by atoms with Crippen molar-refractivity contribution in [2.75, 3.05) is 6.79 Å². The summed E-state index contributed by atoms with van der Waals surface area (Å²) in [5.41, 5.74) is 5.63. The Morgan fingerprint density at radius 1 is 0.955 bits per heavy atom. The number of amides is 2. The molecule has 0 radical (unpaired) electrons. The van der Waals surface area contributed by atoms with Crippen LogP contribution >= 0.6 is 22.6 Å². The van der Waals surface area contributed by atoms with Gasteiger partial charge in [-0.3, -0.25) is 20.4 Å². The van der Waals surface area contributed by atoms with Crippen molar-refractivity contribution in [3.63, 3.8) is 0 Å². The second-order valence-corrected chi connectivity index (χ2v) is 5.62. The first kappa shape index (κ1) is 14.6. The molecule has 7 heteroatoms. The quantitative estimate of drug-likeness (QED) is 0.588. The molecular formula is C15H11IN2O4. The molecule has 0 fully saturated rings. The molecule has 2 amide bonds. The lowest BCUT2D eigenvalue weighted by atomic mass is 10.2. The molecule has 0 unspecified atom stereocenters. The van der Waals surface area contributed by atoms with Gasteiger partial charge >= 0.3 is 0 Å². The number of hydrazine groups is 1. The van der Waals surface area contributed by atoms with E-state index < -0.39 is 5.91 Å². The first-order chi connectivity index (χ1) is 10.6. The van der Waals surface area contributed by atoms with Gasteiger partial charge in [0.2, 0.25) is 6.79 Å². The maximum Gasteiger partial charge on any atom is 0.270 e. The van der Waals surface area contributed by atoms with Crippen molar-refractivity contribution in [1.29, 1.82) is 0 Å². The summed E-state index contributed by atoms with van der Waals surface area (Å²) in [5, 5.41) is 0. The van der Waals surface area contributed by atoms with Gasteiger partial charge in [0, 0.05) is 9.13 Å². The van der Waals surface area contributed by atoms with Crippen LogP contribution in [-0.2, 0) is 0 Å². The number of fused-ring (bicyclic) bond motifs is 1. The summed E-state index contributed by atoms with van der Waals surface area (Å²) < 4.78 is 11.2. The third-order valence-corrected chi connectivity index (χ3v) is 3.98. The summed E-state index contributed by atoms with van der Waals surface area (Å²) in [5.74, 6) is 0.299. The van der Waals surface area contributed by atoms with Crippen LogP contribution in [0.3, 0.4) is 0 Å². The Hall–Kier alpha value is -2.29. The molecule has 0 atom stereocenters. The molecule has 1 heterocycles. The van der Waals surface area contributed by atoms with Gasteiger partial charge in [0.1, 0.15) is 0 Å². The van der Waals surface area contributed by atoms with Gasteiger partial charge in [-0.05, 0) is 52.9 Å². The number of ether oxygens (including phenoxy) is 2. The Balaban J connectivity index is 1.65. The minimum atomic E-state index is -0.433. The molecule has 0 spiro atoms. The van der Waals surface area contributed by atoms with Gasteiger partial charge in [0.15, 0.2) is 11.5 Å². The molecule has 0 aromatic heterocycles. The van der Waals surface area contributed by atoms with Gasteiger partial charge < -0.3 is 9.47 Å². The molecule has 0 saturated heterocycles. The molecule has 3 rings (SSSR count). The SMILES string of the molecule is O=C(NNC(=O)c1ccccc1I)c1ccc2c(c1)OCO2. The third kappa shape index (κ3) is 2.98. The topological polar surface area (TPSA) is 76.7 Å². The highest BCUT2D eigenvalue weighted by molar-refractivity contribution is 14.1. The molecule has 0 aliphatic carbocycles. The van der Waals surface area contributed by atoms with Crippen LogP contribution in [0.5, 0.6) is 11.5 Å². The van der Waals surface area contributed by atoms with Crippen LogP contribution in [0.4, 0.5) is 0 Å². The molecule has 2 N–H and O–H groups in total. The fourth-order valence-electron chi connectivity index (χ4n) is 1.94. The van der Waals surface area contributed by atoms with Gasteiger partial charge in [0.25, 0.3) is 11.8 Å². The Bertz CT molecular complexity index is 748. The number of hydrogen-bond acceptors (Lipinski definition) is 4. The predicted octanol–water partition coefficient (Wildman–Crippen LogP) is 2.09. The molecule has 2 aromatic rings. The zero-order chi connectivity index (χ0) is 15.5. The smallest absolute Gasteiger partial charge is 0.270 e. The van der Waals surface area contributed by atoms with E-state index >= 15 is 0 Å². The molecule has 2 aromatic carbocycles. The van der Waals surface area contributed by atoms with E-state index in [9.17, 15) is 9.59 Å². The fraction of sp³-hybridized carbons (Fsp3) is 0.0667. The van der Waals surface area contributed by atoms with Gasteiger partial charge in [-0.2, -0.15) is 0 Å². The van der Waals surface area contributed by atoms with Gasteiger partial charge in [-0.15, -0.1) is 0 Å². The molecule has 6 nitrogen and oxygen atoms in total. The number of rotatable bonds is 2. The summed E-state index contributed by atoms with van der Waals surface area (Å²) in [6.07, 6.45) is 0. The van der Waals surface area contributed by atoms with E-state index in [2.05, 4.69) is 33.4 Å². The second-order valence-electron chi connectivity index (χ2n) is 4.46. The standard InChI is InChI=1S/C15H11IN2O4/c16-11-4-2-1-3-10(11)15(20)18-17-14(19)9-5-6-12-13(7-9)22-8-21-12/h1-7H,8H2,(H,17,19)(H,18,20). The van der Waals surface area contributed by atoms with Gasteiger partial charge in [-0.25, -0.2) is 0 Å². The van der Waals surface area contributed by atoms with Crippen LogP contribution in [0.15, 0.2) is 42.5 Å². The van der Waals surface area contributed by atoms with E-state index in [0.717, 1.165) is 3.57 Å². The van der Waals surface area contributed by atoms with E-state index in [4.69, 9.17) is 9.47 Å². The van der Waals surface area contributed by atoms with Gasteiger partial charge in [-0.1, -0.05) is 12.1 Å². The Kier molecular flexibility index (Phi) is 4.14. The van der Waals surface area contributed by atoms with Crippen molar-refractivity contribution >= 4 is 34.4 Å². The summed E-state index contributed by atoms with van der Waals surface area (Å²) in [4.78, 5) is 24.1. The third-order valence-electron chi connectivity index (χ3n) is 3.04. The molecule has 1 aliphatic rings. The summed E-state index contributed by atoms with van der Waals surface area (Å²) >= 11 is 2.06. The summed E-state index contributed by atoms with van der Waals surface area (Å²) in [7, 11) is 0. The monoisotopic (exact) mass is 410 g/mol. The maximum absolute atomic E-state index is 12.0. The zero-order valence-electron chi connectivity index (χ0n) is 11.3. The van der Waals surface area contributed by atoms with Crippen LogP contribution in [0.25, 0.3) is 0 Å².